The number of thiazole rings is 1. The van der Waals surface area contributed by atoms with E-state index in [9.17, 15) is 14.4 Å². The van der Waals surface area contributed by atoms with E-state index in [-0.39, 0.29) is 11.5 Å². The van der Waals surface area contributed by atoms with E-state index >= 15 is 0 Å². The first-order valence-electron chi connectivity index (χ1n) is 9.48. The minimum absolute atomic E-state index is 0.233. The minimum Gasteiger partial charge on any atom is -0.466 e. The van der Waals surface area contributed by atoms with E-state index < -0.39 is 12.0 Å². The molecule has 31 heavy (non-hydrogen) atoms. The van der Waals surface area contributed by atoms with Gasteiger partial charge in [0.05, 0.1) is 29.6 Å². The number of allylic oxidation sites excluding steroid dienone is 1. The molecule has 0 bridgehead atoms. The Morgan fingerprint density at radius 2 is 1.94 bits per heavy atom. The first kappa shape index (κ1) is 19.7. The van der Waals surface area contributed by atoms with Crippen LogP contribution >= 0.6 is 22.7 Å². The molecule has 1 amide bonds. The van der Waals surface area contributed by atoms with Crippen LogP contribution in [0.1, 0.15) is 23.4 Å². The van der Waals surface area contributed by atoms with E-state index in [0.29, 0.717) is 26.2 Å². The zero-order valence-electron chi connectivity index (χ0n) is 16.9. The van der Waals surface area contributed by atoms with Crippen molar-refractivity contribution in [1.82, 2.24) is 4.57 Å². The number of para-hydroxylation sites is 1. The molecule has 156 valence electrons. The number of amides is 1. The highest BCUT2D eigenvalue weighted by Gasteiger charge is 2.36. The van der Waals surface area contributed by atoms with E-state index in [1.54, 1.807) is 18.9 Å². The van der Waals surface area contributed by atoms with Gasteiger partial charge in [0.1, 0.15) is 10.6 Å². The van der Waals surface area contributed by atoms with Gasteiger partial charge in [0.25, 0.3) is 11.5 Å². The van der Waals surface area contributed by atoms with Gasteiger partial charge in [-0.25, -0.2) is 9.79 Å². The molecule has 0 spiro atoms. The van der Waals surface area contributed by atoms with Crippen LogP contribution in [-0.2, 0) is 14.3 Å². The smallest absolute Gasteiger partial charge is 0.338 e. The zero-order chi connectivity index (χ0) is 21.9. The van der Waals surface area contributed by atoms with Gasteiger partial charge in [-0.05, 0) is 24.4 Å². The Bertz CT molecular complexity index is 1460. The molecule has 0 radical (unpaired) electrons. The number of thiophene rings is 1. The van der Waals surface area contributed by atoms with Gasteiger partial charge in [-0.1, -0.05) is 35.6 Å². The number of carbonyl (C=O) groups excluding carboxylic acids is 2. The van der Waals surface area contributed by atoms with Crippen LogP contribution in [-0.4, -0.2) is 30.6 Å². The van der Waals surface area contributed by atoms with Crippen molar-refractivity contribution in [2.75, 3.05) is 19.1 Å². The highest BCUT2D eigenvalue weighted by atomic mass is 32.1. The van der Waals surface area contributed by atoms with Crippen LogP contribution < -0.4 is 19.8 Å². The molecular formula is C22H17N3O4S2. The Labute approximate surface area is 184 Å². The number of anilines is 1. The number of aromatic nitrogens is 1. The Morgan fingerprint density at radius 3 is 2.65 bits per heavy atom. The summed E-state index contributed by atoms with van der Waals surface area (Å²) in [5.74, 6) is -0.761. The van der Waals surface area contributed by atoms with Gasteiger partial charge in [-0.2, -0.15) is 0 Å². The minimum atomic E-state index is -0.650. The second kappa shape index (κ2) is 7.14. The predicted molar refractivity (Wildman–Crippen MR) is 119 cm³/mol. The van der Waals surface area contributed by atoms with Crippen LogP contribution in [0, 0.1) is 0 Å². The molecule has 1 atom stereocenters. The molecule has 2 aromatic heterocycles. The maximum atomic E-state index is 13.7. The third-order valence-electron chi connectivity index (χ3n) is 5.50. The second-order valence-electron chi connectivity index (χ2n) is 7.17. The average Bonchev–Trinajstić information content (AvgIpc) is 3.46. The van der Waals surface area contributed by atoms with E-state index in [1.165, 1.54) is 34.4 Å². The third-order valence-corrected chi connectivity index (χ3v) is 7.47. The first-order valence-corrected chi connectivity index (χ1v) is 11.2. The molecule has 4 heterocycles. The first-order chi connectivity index (χ1) is 14.9. The number of rotatable bonds is 2. The predicted octanol–water partition coefficient (Wildman–Crippen LogP) is 1.82. The lowest BCUT2D eigenvalue weighted by Gasteiger charge is -2.22. The van der Waals surface area contributed by atoms with Gasteiger partial charge in [0.15, 0.2) is 4.80 Å². The lowest BCUT2D eigenvalue weighted by molar-refractivity contribution is -0.136. The lowest BCUT2D eigenvalue weighted by atomic mass is 10.0. The fourth-order valence-electron chi connectivity index (χ4n) is 4.05. The fourth-order valence-corrected chi connectivity index (χ4v) is 6.01. The van der Waals surface area contributed by atoms with Gasteiger partial charge in [-0.3, -0.25) is 14.2 Å². The van der Waals surface area contributed by atoms with E-state index in [1.807, 2.05) is 41.8 Å². The molecule has 5 rings (SSSR count). The van der Waals surface area contributed by atoms with Gasteiger partial charge < -0.3 is 9.64 Å². The van der Waals surface area contributed by atoms with Crippen LogP contribution in [0.3, 0.4) is 0 Å². The van der Waals surface area contributed by atoms with Gasteiger partial charge >= 0.3 is 5.97 Å². The van der Waals surface area contributed by atoms with Crippen LogP contribution in [0.25, 0.3) is 5.57 Å². The number of hydrogen-bond acceptors (Lipinski definition) is 7. The van der Waals surface area contributed by atoms with Crippen molar-refractivity contribution in [2.45, 2.75) is 13.0 Å². The zero-order valence-corrected chi connectivity index (χ0v) is 18.5. The fraction of sp³-hybridized carbons (Fsp3) is 0.182. The summed E-state index contributed by atoms with van der Waals surface area (Å²) in [4.78, 5) is 46.7. The lowest BCUT2D eigenvalue weighted by Crippen LogP contribution is -2.40. The molecule has 0 aliphatic carbocycles. The average molecular weight is 452 g/mol. The molecule has 3 aromatic rings. The summed E-state index contributed by atoms with van der Waals surface area (Å²) >= 11 is 2.62. The van der Waals surface area contributed by atoms with E-state index in [0.717, 1.165) is 16.1 Å². The summed E-state index contributed by atoms with van der Waals surface area (Å²) in [6.45, 7) is 1.73. The summed E-state index contributed by atoms with van der Waals surface area (Å²) in [7, 11) is 3.00. The Kier molecular flexibility index (Phi) is 4.53. The van der Waals surface area contributed by atoms with Crippen molar-refractivity contribution in [1.29, 1.82) is 0 Å². The molecule has 1 aromatic carbocycles. The number of likely N-dealkylation sites (N-methyl/N-ethyl adjacent to an activating group) is 1. The molecule has 1 unspecified atom stereocenters. The normalized spacial score (nSPS) is 19.3. The molecule has 7 nitrogen and oxygen atoms in total. The molecule has 0 N–H and O–H groups in total. The van der Waals surface area contributed by atoms with Crippen molar-refractivity contribution in [2.24, 2.45) is 4.99 Å². The number of methoxy groups -OCH3 is 1. The number of ether oxygens (including phenoxy) is 1. The number of carbonyl (C=O) groups is 2. The van der Waals surface area contributed by atoms with Gasteiger partial charge in [0.2, 0.25) is 0 Å². The quantitative estimate of drug-likeness (QED) is 0.557. The highest BCUT2D eigenvalue weighted by molar-refractivity contribution is 7.10. The number of esters is 1. The summed E-state index contributed by atoms with van der Waals surface area (Å²) < 4.78 is 6.82. The van der Waals surface area contributed by atoms with Crippen LogP contribution in [0.2, 0.25) is 0 Å². The van der Waals surface area contributed by atoms with Crippen LogP contribution in [0.4, 0.5) is 5.69 Å². The monoisotopic (exact) mass is 451 g/mol. The SMILES string of the molecule is COC(=O)C1=C(C)N=c2s/c(=C3\C(=O)N(C)c4ccccc43)c(=O)n2C1c1cccs1. The third kappa shape index (κ3) is 2.77. The largest absolute Gasteiger partial charge is 0.466 e. The molecule has 9 heteroatoms. The van der Waals surface area contributed by atoms with Crippen molar-refractivity contribution in [3.8, 4) is 0 Å². The van der Waals surface area contributed by atoms with Crippen LogP contribution in [0.15, 0.2) is 62.8 Å². The standard InChI is InChI=1S/C22H17N3O4S2/c1-11-15(21(28)29-3)17(14-9-6-10-30-14)25-20(27)18(31-22(25)23-11)16-12-7-4-5-8-13(12)24(2)19(16)26/h4-10,17H,1-3H3/b18-16-. The summed E-state index contributed by atoms with van der Waals surface area (Å²) in [6.07, 6.45) is 0. The second-order valence-corrected chi connectivity index (χ2v) is 9.12. The molecule has 0 saturated carbocycles. The molecule has 0 fully saturated rings. The van der Waals surface area contributed by atoms with Gasteiger partial charge in [-0.15, -0.1) is 11.3 Å². The Balaban J connectivity index is 1.86. The van der Waals surface area contributed by atoms with Crippen molar-refractivity contribution < 1.29 is 14.3 Å². The number of hydrogen-bond donors (Lipinski definition) is 0. The van der Waals surface area contributed by atoms with E-state index in [2.05, 4.69) is 4.99 Å². The molecular weight excluding hydrogens is 434 g/mol. The van der Waals surface area contributed by atoms with Crippen molar-refractivity contribution >= 4 is 45.8 Å². The Morgan fingerprint density at radius 1 is 1.16 bits per heavy atom. The van der Waals surface area contributed by atoms with Gasteiger partial charge in [0, 0.05) is 17.5 Å². The molecule has 2 aliphatic rings. The van der Waals surface area contributed by atoms with E-state index in [4.69, 9.17) is 4.74 Å². The molecule has 0 saturated heterocycles. The van der Waals surface area contributed by atoms with Crippen molar-refractivity contribution in [3.05, 3.63) is 83.2 Å². The Hall–Kier alpha value is -3.30. The summed E-state index contributed by atoms with van der Waals surface area (Å²) in [6, 6.07) is 10.5. The van der Waals surface area contributed by atoms with Crippen molar-refractivity contribution in [3.63, 3.8) is 0 Å². The maximum absolute atomic E-state index is 13.7. The summed E-state index contributed by atoms with van der Waals surface area (Å²) in [5, 5.41) is 1.89. The van der Waals surface area contributed by atoms with Crippen LogP contribution in [0.5, 0.6) is 0 Å². The number of fused-ring (bicyclic) bond motifs is 2. The highest BCUT2D eigenvalue weighted by Crippen LogP contribution is 2.35. The number of benzene rings is 1. The number of nitrogens with zero attached hydrogens (tertiary/aromatic N) is 3. The molecule has 2 aliphatic heterocycles. The maximum Gasteiger partial charge on any atom is 0.338 e. The summed E-state index contributed by atoms with van der Waals surface area (Å²) in [5.41, 5.74) is 2.32. The topological polar surface area (TPSA) is 81.0 Å².